The Kier molecular flexibility index (Phi) is 5.18. The van der Waals surface area contributed by atoms with E-state index in [0.29, 0.717) is 25.0 Å². The van der Waals surface area contributed by atoms with E-state index in [9.17, 15) is 14.7 Å². The van der Waals surface area contributed by atoms with E-state index < -0.39 is 0 Å². The van der Waals surface area contributed by atoms with Gasteiger partial charge in [0.25, 0.3) is 5.91 Å². The van der Waals surface area contributed by atoms with E-state index in [1.165, 1.54) is 5.01 Å². The second-order valence-corrected chi connectivity index (χ2v) is 7.02. The highest BCUT2D eigenvalue weighted by Crippen LogP contribution is 2.25. The van der Waals surface area contributed by atoms with E-state index in [-0.39, 0.29) is 30.4 Å². The number of carbonyl (C=O) groups excluding carboxylic acids is 2. The van der Waals surface area contributed by atoms with Gasteiger partial charge >= 0.3 is 0 Å². The Morgan fingerprint density at radius 2 is 1.92 bits per heavy atom. The molecule has 6 nitrogen and oxygen atoms in total. The number of anilines is 1. The maximum absolute atomic E-state index is 12.5. The number of nitrogens with zero attached hydrogens (tertiary/aromatic N) is 2. The van der Waals surface area contributed by atoms with Crippen molar-refractivity contribution in [1.29, 1.82) is 0 Å². The molecular weight excluding hydrogens is 318 g/mol. The number of carbonyl (C=O) groups is 2. The van der Waals surface area contributed by atoms with Crippen molar-refractivity contribution < 1.29 is 14.7 Å². The third kappa shape index (κ3) is 4.07. The zero-order valence-corrected chi connectivity index (χ0v) is 14.8. The summed E-state index contributed by atoms with van der Waals surface area (Å²) in [6, 6.07) is 5.93. The SMILES string of the molecule is Cc1ccc(C)c(N2N=C(C(=O)NC3CCC(O)CC3)CCC2=O)c1. The molecule has 1 aliphatic carbocycles. The summed E-state index contributed by atoms with van der Waals surface area (Å²) in [4.78, 5) is 24.9. The monoisotopic (exact) mass is 343 g/mol. The van der Waals surface area contributed by atoms with Crippen molar-refractivity contribution in [2.45, 2.75) is 64.5 Å². The van der Waals surface area contributed by atoms with Crippen molar-refractivity contribution in [3.8, 4) is 0 Å². The highest BCUT2D eigenvalue weighted by atomic mass is 16.3. The molecule has 0 atom stereocenters. The van der Waals surface area contributed by atoms with Gasteiger partial charge in [-0.25, -0.2) is 5.01 Å². The van der Waals surface area contributed by atoms with E-state index in [1.807, 2.05) is 32.0 Å². The average molecular weight is 343 g/mol. The summed E-state index contributed by atoms with van der Waals surface area (Å²) in [6.07, 6.45) is 3.37. The molecule has 0 radical (unpaired) electrons. The van der Waals surface area contributed by atoms with Gasteiger partial charge in [-0.3, -0.25) is 9.59 Å². The lowest BCUT2D eigenvalue weighted by Crippen LogP contribution is -2.44. The Morgan fingerprint density at radius 1 is 1.20 bits per heavy atom. The Balaban J connectivity index is 1.76. The first kappa shape index (κ1) is 17.6. The van der Waals surface area contributed by atoms with Crippen LogP contribution in [0.1, 0.15) is 49.7 Å². The van der Waals surface area contributed by atoms with Crippen molar-refractivity contribution in [3.05, 3.63) is 29.3 Å². The third-order valence-electron chi connectivity index (χ3n) is 4.92. The molecule has 1 aromatic carbocycles. The zero-order chi connectivity index (χ0) is 18.0. The Bertz CT molecular complexity index is 706. The lowest BCUT2D eigenvalue weighted by atomic mass is 9.93. The number of hydrogen-bond donors (Lipinski definition) is 2. The van der Waals surface area contributed by atoms with Gasteiger partial charge in [0, 0.05) is 18.9 Å². The number of hydrazone groups is 1. The summed E-state index contributed by atoms with van der Waals surface area (Å²) in [5.41, 5.74) is 3.12. The quantitative estimate of drug-likeness (QED) is 0.883. The fraction of sp³-hybridized carbons (Fsp3) is 0.526. The predicted octanol–water partition coefficient (Wildman–Crippen LogP) is 2.21. The predicted molar refractivity (Wildman–Crippen MR) is 96.5 cm³/mol. The fourth-order valence-corrected chi connectivity index (χ4v) is 3.34. The molecule has 1 heterocycles. The molecule has 25 heavy (non-hydrogen) atoms. The molecule has 6 heteroatoms. The number of hydrogen-bond acceptors (Lipinski definition) is 4. The standard InChI is InChI=1S/C19H25N3O3/c1-12-3-4-13(2)17(11-12)22-18(24)10-9-16(21-22)19(25)20-14-5-7-15(23)8-6-14/h3-4,11,14-15,23H,5-10H2,1-2H3,(H,20,25). The van der Waals surface area contributed by atoms with Crippen LogP contribution in [0.3, 0.4) is 0 Å². The molecule has 1 aromatic rings. The summed E-state index contributed by atoms with van der Waals surface area (Å²) in [7, 11) is 0. The van der Waals surface area contributed by atoms with Crippen LogP contribution in [-0.2, 0) is 9.59 Å². The lowest BCUT2D eigenvalue weighted by molar-refractivity contribution is -0.119. The van der Waals surface area contributed by atoms with E-state index in [0.717, 1.165) is 29.7 Å². The first-order valence-electron chi connectivity index (χ1n) is 8.90. The minimum absolute atomic E-state index is 0.0744. The van der Waals surface area contributed by atoms with E-state index in [2.05, 4.69) is 10.4 Å². The van der Waals surface area contributed by atoms with Gasteiger partial charge in [0.1, 0.15) is 5.71 Å². The number of aryl methyl sites for hydroxylation is 2. The van der Waals surface area contributed by atoms with Crippen molar-refractivity contribution in [2.24, 2.45) is 5.10 Å². The maximum Gasteiger partial charge on any atom is 0.267 e. The fourth-order valence-electron chi connectivity index (χ4n) is 3.34. The van der Waals surface area contributed by atoms with Gasteiger partial charge in [0.05, 0.1) is 11.8 Å². The van der Waals surface area contributed by atoms with Gasteiger partial charge in [0.2, 0.25) is 5.91 Å². The van der Waals surface area contributed by atoms with Gasteiger partial charge in [-0.15, -0.1) is 0 Å². The normalized spacial score (nSPS) is 24.0. The van der Waals surface area contributed by atoms with E-state index in [1.54, 1.807) is 0 Å². The molecule has 0 saturated heterocycles. The van der Waals surface area contributed by atoms with Crippen molar-refractivity contribution in [1.82, 2.24) is 5.32 Å². The number of rotatable bonds is 3. The summed E-state index contributed by atoms with van der Waals surface area (Å²) in [5.74, 6) is -0.296. The Morgan fingerprint density at radius 3 is 2.64 bits per heavy atom. The van der Waals surface area contributed by atoms with Crippen molar-refractivity contribution in [2.75, 3.05) is 5.01 Å². The molecule has 1 saturated carbocycles. The first-order chi connectivity index (χ1) is 11.9. The van der Waals surface area contributed by atoms with Crippen LogP contribution in [0.25, 0.3) is 0 Å². The van der Waals surface area contributed by atoms with Crippen LogP contribution < -0.4 is 10.3 Å². The lowest BCUT2D eigenvalue weighted by Gasteiger charge is -2.28. The minimum Gasteiger partial charge on any atom is -0.393 e. The van der Waals surface area contributed by atoms with Gasteiger partial charge in [-0.05, 0) is 56.7 Å². The topological polar surface area (TPSA) is 82.0 Å². The van der Waals surface area contributed by atoms with Crippen molar-refractivity contribution in [3.63, 3.8) is 0 Å². The molecule has 3 rings (SSSR count). The maximum atomic E-state index is 12.5. The summed E-state index contributed by atoms with van der Waals surface area (Å²) in [5, 5.41) is 18.3. The number of nitrogens with one attached hydrogen (secondary N) is 1. The van der Waals surface area contributed by atoms with Crippen LogP contribution in [0, 0.1) is 13.8 Å². The molecule has 0 aromatic heterocycles. The van der Waals surface area contributed by atoms with Gasteiger partial charge < -0.3 is 10.4 Å². The molecule has 2 N–H and O–H groups in total. The molecule has 0 unspecified atom stereocenters. The van der Waals surface area contributed by atoms with Crippen LogP contribution in [0.15, 0.2) is 23.3 Å². The minimum atomic E-state index is -0.252. The van der Waals surface area contributed by atoms with Crippen molar-refractivity contribution >= 4 is 23.2 Å². The molecule has 1 aliphatic heterocycles. The number of amides is 2. The second-order valence-electron chi connectivity index (χ2n) is 7.02. The number of aliphatic hydroxyl groups excluding tert-OH is 1. The van der Waals surface area contributed by atoms with E-state index >= 15 is 0 Å². The van der Waals surface area contributed by atoms with Gasteiger partial charge in [0.15, 0.2) is 0 Å². The summed E-state index contributed by atoms with van der Waals surface area (Å²) in [6.45, 7) is 3.89. The molecule has 2 amide bonds. The average Bonchev–Trinajstić information content (AvgIpc) is 2.59. The van der Waals surface area contributed by atoms with E-state index in [4.69, 9.17) is 0 Å². The summed E-state index contributed by atoms with van der Waals surface area (Å²) >= 11 is 0. The largest absolute Gasteiger partial charge is 0.393 e. The van der Waals surface area contributed by atoms with Crippen LogP contribution in [0.5, 0.6) is 0 Å². The van der Waals surface area contributed by atoms with Gasteiger partial charge in [-0.2, -0.15) is 5.10 Å². The number of aliphatic hydroxyl groups is 1. The molecule has 0 spiro atoms. The first-order valence-corrected chi connectivity index (χ1v) is 8.90. The molecule has 1 fully saturated rings. The van der Waals surface area contributed by atoms with Crippen LogP contribution >= 0.6 is 0 Å². The molecule has 2 aliphatic rings. The highest BCUT2D eigenvalue weighted by molar-refractivity contribution is 6.40. The Labute approximate surface area is 147 Å². The molecular formula is C19H25N3O3. The smallest absolute Gasteiger partial charge is 0.267 e. The zero-order valence-electron chi connectivity index (χ0n) is 14.8. The Hall–Kier alpha value is -2.21. The van der Waals surface area contributed by atoms with Gasteiger partial charge in [-0.1, -0.05) is 12.1 Å². The second kappa shape index (κ2) is 7.35. The molecule has 0 bridgehead atoms. The van der Waals surface area contributed by atoms with Crippen LogP contribution in [-0.4, -0.2) is 34.8 Å². The highest BCUT2D eigenvalue weighted by Gasteiger charge is 2.28. The molecule has 134 valence electrons. The van der Waals surface area contributed by atoms with Crippen LogP contribution in [0.2, 0.25) is 0 Å². The third-order valence-corrected chi connectivity index (χ3v) is 4.92. The summed E-state index contributed by atoms with van der Waals surface area (Å²) < 4.78 is 0. The van der Waals surface area contributed by atoms with Crippen LogP contribution in [0.4, 0.5) is 5.69 Å². The number of benzene rings is 1.